The van der Waals surface area contributed by atoms with Gasteiger partial charge in [-0.1, -0.05) is 103 Å². The van der Waals surface area contributed by atoms with E-state index < -0.39 is 0 Å². The molecule has 0 aliphatic rings. The molecule has 2 nitrogen and oxygen atoms in total. The maximum absolute atomic E-state index is 6.44. The molecule has 182 valence electrons. The highest BCUT2D eigenvalue weighted by molar-refractivity contribution is 7.26. The largest absolute Gasteiger partial charge is 0.455 e. The van der Waals surface area contributed by atoms with Crippen molar-refractivity contribution >= 4 is 75.3 Å². The van der Waals surface area contributed by atoms with Gasteiger partial charge in [0.2, 0.25) is 0 Å². The average Bonchev–Trinajstić information content (AvgIpc) is 3.67. The van der Waals surface area contributed by atoms with Crippen molar-refractivity contribution in [2.24, 2.45) is 0 Å². The first-order chi connectivity index (χ1) is 19.4. The van der Waals surface area contributed by atoms with E-state index in [4.69, 9.17) is 4.42 Å². The van der Waals surface area contributed by atoms with Gasteiger partial charge in [-0.15, -0.1) is 11.3 Å². The second-order valence-corrected chi connectivity index (χ2v) is 11.1. The third-order valence-corrected chi connectivity index (χ3v) is 9.30. The highest BCUT2D eigenvalue weighted by Crippen LogP contribution is 2.45. The molecule has 3 aromatic heterocycles. The molecule has 0 aliphatic heterocycles. The van der Waals surface area contributed by atoms with Gasteiger partial charge in [-0.25, -0.2) is 0 Å². The Balaban J connectivity index is 1.38. The van der Waals surface area contributed by atoms with Crippen LogP contribution >= 0.6 is 11.3 Å². The van der Waals surface area contributed by atoms with Gasteiger partial charge in [-0.2, -0.15) is 0 Å². The minimum Gasteiger partial charge on any atom is -0.455 e. The third kappa shape index (κ3) is 2.85. The van der Waals surface area contributed by atoms with E-state index in [-0.39, 0.29) is 0 Å². The summed E-state index contributed by atoms with van der Waals surface area (Å²) in [4.78, 5) is 0. The van der Waals surface area contributed by atoms with Crippen molar-refractivity contribution in [2.75, 3.05) is 0 Å². The Morgan fingerprint density at radius 2 is 1.00 bits per heavy atom. The van der Waals surface area contributed by atoms with Crippen LogP contribution in [-0.4, -0.2) is 4.57 Å². The molecule has 6 aromatic carbocycles. The fourth-order valence-electron chi connectivity index (χ4n) is 6.33. The van der Waals surface area contributed by atoms with Crippen LogP contribution in [0.2, 0.25) is 0 Å². The van der Waals surface area contributed by atoms with Gasteiger partial charge in [-0.05, 0) is 24.3 Å². The van der Waals surface area contributed by atoms with Crippen molar-refractivity contribution in [3.05, 3.63) is 127 Å². The monoisotopic (exact) mass is 515 g/mol. The number of thiophene rings is 1. The fraction of sp³-hybridized carbons (Fsp3) is 0. The van der Waals surface area contributed by atoms with E-state index in [2.05, 4.69) is 126 Å². The zero-order valence-corrected chi connectivity index (χ0v) is 21.7. The van der Waals surface area contributed by atoms with E-state index in [0.29, 0.717) is 0 Å². The lowest BCUT2D eigenvalue weighted by Crippen LogP contribution is -1.93. The van der Waals surface area contributed by atoms with Gasteiger partial charge in [0.1, 0.15) is 11.2 Å². The summed E-state index contributed by atoms with van der Waals surface area (Å²) in [6.45, 7) is 0. The predicted molar refractivity (Wildman–Crippen MR) is 166 cm³/mol. The molecule has 3 heteroatoms. The number of furan rings is 1. The number of rotatable bonds is 2. The van der Waals surface area contributed by atoms with E-state index >= 15 is 0 Å². The minimum absolute atomic E-state index is 0.928. The van der Waals surface area contributed by atoms with Crippen LogP contribution in [0.4, 0.5) is 0 Å². The number of aromatic nitrogens is 1. The summed E-state index contributed by atoms with van der Waals surface area (Å²) in [7, 11) is 0. The number of nitrogens with zero attached hydrogens (tertiary/aromatic N) is 1. The van der Waals surface area contributed by atoms with Crippen molar-refractivity contribution in [3.8, 4) is 16.8 Å². The Kier molecular flexibility index (Phi) is 4.24. The predicted octanol–water partition coefficient (Wildman–Crippen LogP) is 10.7. The first-order valence-electron chi connectivity index (χ1n) is 13.2. The standard InChI is InChI=1S/C36H21NOS/c1-4-18-30-22(10-1)23-11-2-5-19-31(23)37(30)32-20-9-17-29-28-16-8-15-27(35(28)39-36(29)32)26-14-7-13-25-24-12-3-6-21-33(24)38-34(25)26/h1-21H. The quantitative estimate of drug-likeness (QED) is 0.224. The second kappa shape index (κ2) is 7.83. The van der Waals surface area contributed by atoms with Crippen LogP contribution in [-0.2, 0) is 0 Å². The molecule has 0 fully saturated rings. The summed E-state index contributed by atoms with van der Waals surface area (Å²) in [6, 6.07) is 45.6. The van der Waals surface area contributed by atoms with Gasteiger partial charge in [-0.3, -0.25) is 0 Å². The highest BCUT2D eigenvalue weighted by atomic mass is 32.1. The van der Waals surface area contributed by atoms with Crippen LogP contribution in [0.5, 0.6) is 0 Å². The SMILES string of the molecule is c1ccc2c(c1)oc1c(-c3cccc4c3sc3c(-n5c6ccccc6c6ccccc65)cccc34)cccc12. The summed E-state index contributed by atoms with van der Waals surface area (Å²) in [5, 5.41) is 7.45. The molecule has 3 heterocycles. The van der Waals surface area contributed by atoms with Gasteiger partial charge in [0, 0.05) is 48.1 Å². The Hall–Kier alpha value is -4.86. The molecule has 0 bridgehead atoms. The molecular weight excluding hydrogens is 494 g/mol. The van der Waals surface area contributed by atoms with Crippen molar-refractivity contribution in [2.45, 2.75) is 0 Å². The van der Waals surface area contributed by atoms with Gasteiger partial charge >= 0.3 is 0 Å². The maximum atomic E-state index is 6.44. The number of benzene rings is 6. The molecule has 0 radical (unpaired) electrons. The second-order valence-electron chi connectivity index (χ2n) is 10.1. The smallest absolute Gasteiger partial charge is 0.143 e. The van der Waals surface area contributed by atoms with Crippen molar-refractivity contribution in [3.63, 3.8) is 0 Å². The highest BCUT2D eigenvalue weighted by Gasteiger charge is 2.19. The van der Waals surface area contributed by atoms with E-state index in [1.165, 1.54) is 53.2 Å². The first-order valence-corrected chi connectivity index (χ1v) is 14.0. The van der Waals surface area contributed by atoms with E-state index in [1.54, 1.807) is 0 Å². The van der Waals surface area contributed by atoms with Crippen LogP contribution < -0.4 is 0 Å². The average molecular weight is 516 g/mol. The van der Waals surface area contributed by atoms with E-state index in [1.807, 2.05) is 17.4 Å². The number of hydrogen-bond donors (Lipinski definition) is 0. The molecule has 0 N–H and O–H groups in total. The van der Waals surface area contributed by atoms with Crippen molar-refractivity contribution < 1.29 is 4.42 Å². The van der Waals surface area contributed by atoms with E-state index in [0.717, 1.165) is 27.5 Å². The maximum Gasteiger partial charge on any atom is 0.143 e. The zero-order valence-electron chi connectivity index (χ0n) is 20.9. The topological polar surface area (TPSA) is 18.1 Å². The zero-order chi connectivity index (χ0) is 25.5. The molecule has 0 saturated heterocycles. The molecule has 0 unspecified atom stereocenters. The lowest BCUT2D eigenvalue weighted by Gasteiger charge is -2.09. The van der Waals surface area contributed by atoms with Crippen LogP contribution in [0.25, 0.3) is 80.7 Å². The molecular formula is C36H21NOS. The summed E-state index contributed by atoms with van der Waals surface area (Å²) in [5.41, 5.74) is 7.92. The Morgan fingerprint density at radius 3 is 1.77 bits per heavy atom. The lowest BCUT2D eigenvalue weighted by molar-refractivity contribution is 0.670. The summed E-state index contributed by atoms with van der Waals surface area (Å²) < 4.78 is 11.5. The van der Waals surface area contributed by atoms with Crippen molar-refractivity contribution in [1.29, 1.82) is 0 Å². The molecule has 0 aliphatic carbocycles. The Labute approximate surface area is 227 Å². The van der Waals surface area contributed by atoms with Crippen molar-refractivity contribution in [1.82, 2.24) is 4.57 Å². The van der Waals surface area contributed by atoms with Crippen LogP contribution in [0.15, 0.2) is 132 Å². The van der Waals surface area contributed by atoms with Crippen LogP contribution in [0, 0.1) is 0 Å². The molecule has 0 atom stereocenters. The summed E-state index contributed by atoms with van der Waals surface area (Å²) >= 11 is 1.88. The Bertz CT molecular complexity index is 2350. The summed E-state index contributed by atoms with van der Waals surface area (Å²) in [5.74, 6) is 0. The van der Waals surface area contributed by atoms with Gasteiger partial charge in [0.05, 0.1) is 21.4 Å². The number of fused-ring (bicyclic) bond motifs is 9. The molecule has 39 heavy (non-hydrogen) atoms. The molecule has 9 aromatic rings. The van der Waals surface area contributed by atoms with Gasteiger partial charge in [0.25, 0.3) is 0 Å². The summed E-state index contributed by atoms with van der Waals surface area (Å²) in [6.07, 6.45) is 0. The molecule has 9 rings (SSSR count). The Morgan fingerprint density at radius 1 is 0.436 bits per heavy atom. The molecule has 0 spiro atoms. The third-order valence-electron chi connectivity index (χ3n) is 8.02. The minimum atomic E-state index is 0.928. The first kappa shape index (κ1) is 21.1. The molecule has 0 amide bonds. The van der Waals surface area contributed by atoms with Gasteiger partial charge in [0.15, 0.2) is 0 Å². The molecule has 0 saturated carbocycles. The lowest BCUT2D eigenvalue weighted by atomic mass is 10.00. The normalized spacial score (nSPS) is 12.1. The fourth-order valence-corrected chi connectivity index (χ4v) is 7.67. The number of hydrogen-bond acceptors (Lipinski definition) is 2. The van der Waals surface area contributed by atoms with Crippen LogP contribution in [0.3, 0.4) is 0 Å². The van der Waals surface area contributed by atoms with E-state index in [9.17, 15) is 0 Å². The van der Waals surface area contributed by atoms with Gasteiger partial charge < -0.3 is 8.98 Å². The van der Waals surface area contributed by atoms with Crippen LogP contribution in [0.1, 0.15) is 0 Å². The number of para-hydroxylation sites is 4.